The molecular formula is C29H32IN3O4. The third-order valence-corrected chi connectivity index (χ3v) is 6.62. The fourth-order valence-corrected chi connectivity index (χ4v) is 4.35. The van der Waals surface area contributed by atoms with E-state index in [1.54, 1.807) is 54.6 Å². The molecule has 3 rings (SSSR count). The lowest BCUT2D eigenvalue weighted by atomic mass is 9.78. The summed E-state index contributed by atoms with van der Waals surface area (Å²) in [6, 6.07) is 19.7. The Hall–Kier alpha value is -3.53. The van der Waals surface area contributed by atoms with Crippen LogP contribution in [0.15, 0.2) is 78.9 Å². The van der Waals surface area contributed by atoms with Crippen LogP contribution in [0.2, 0.25) is 0 Å². The van der Waals surface area contributed by atoms with Crippen LogP contribution in [0.3, 0.4) is 0 Å². The van der Waals surface area contributed by atoms with Gasteiger partial charge in [0.1, 0.15) is 11.9 Å². The Morgan fingerprint density at radius 2 is 1.78 bits per heavy atom. The molecule has 3 aromatic carbocycles. The number of allylic oxidation sites excluding steroid dienone is 1. The van der Waals surface area contributed by atoms with Gasteiger partial charge >= 0.3 is 6.09 Å². The molecule has 2 amide bonds. The highest BCUT2D eigenvalue weighted by Gasteiger charge is 2.35. The number of aryl methyl sites for hydroxylation is 1. The second-order valence-corrected chi connectivity index (χ2v) is 10.7. The molecule has 0 aliphatic rings. The fraction of sp³-hybridized carbons (Fsp3) is 0.241. The predicted molar refractivity (Wildman–Crippen MR) is 156 cm³/mol. The SMILES string of the molecule is Cc1ccc(NC(=O)O[C@H](c2cc(I)ccc2O)C(C)(C)CC/C=C/C(=O)Nc2ccccc2N)cc1. The van der Waals surface area contributed by atoms with Crippen molar-refractivity contribution in [3.8, 4) is 5.75 Å². The van der Waals surface area contributed by atoms with Gasteiger partial charge in [0.2, 0.25) is 5.91 Å². The number of phenols is 1. The van der Waals surface area contributed by atoms with E-state index in [2.05, 4.69) is 33.2 Å². The standard InChI is InChI=1S/C29H32IN3O4/c1-19-11-14-21(15-12-19)32-28(36)37-27(22-18-20(30)13-16-25(22)34)29(2,3)17-7-6-10-26(35)33-24-9-5-4-8-23(24)31/h4-6,8-16,18,27,34H,7,17,31H2,1-3H3,(H,32,36)(H,33,35)/b10-6+/t27-/m1/s1. The lowest BCUT2D eigenvalue weighted by Crippen LogP contribution is -2.29. The van der Waals surface area contributed by atoms with E-state index in [-0.39, 0.29) is 11.7 Å². The summed E-state index contributed by atoms with van der Waals surface area (Å²) in [5, 5.41) is 16.1. The molecule has 0 heterocycles. The lowest BCUT2D eigenvalue weighted by molar-refractivity contribution is -0.111. The van der Waals surface area contributed by atoms with Crippen LogP contribution in [0.25, 0.3) is 0 Å². The molecule has 0 saturated carbocycles. The van der Waals surface area contributed by atoms with E-state index in [1.165, 1.54) is 6.08 Å². The van der Waals surface area contributed by atoms with E-state index in [0.29, 0.717) is 35.5 Å². The number of ether oxygens (including phenoxy) is 1. The smallest absolute Gasteiger partial charge is 0.412 e. The molecule has 0 aromatic heterocycles. The summed E-state index contributed by atoms with van der Waals surface area (Å²) < 4.78 is 6.82. The maximum absolute atomic E-state index is 12.9. The van der Waals surface area contributed by atoms with Crippen molar-refractivity contribution in [1.29, 1.82) is 0 Å². The minimum atomic E-state index is -0.737. The molecule has 0 spiro atoms. The van der Waals surface area contributed by atoms with Crippen molar-refractivity contribution in [1.82, 2.24) is 0 Å². The average Bonchev–Trinajstić information content (AvgIpc) is 2.85. The van der Waals surface area contributed by atoms with Crippen LogP contribution in [0, 0.1) is 15.9 Å². The zero-order chi connectivity index (χ0) is 27.0. The predicted octanol–water partition coefficient (Wildman–Crippen LogP) is 7.18. The summed E-state index contributed by atoms with van der Waals surface area (Å²) in [6.07, 6.45) is 3.01. The average molecular weight is 613 g/mol. The molecular weight excluding hydrogens is 581 g/mol. The number of nitrogen functional groups attached to an aromatic ring is 1. The lowest BCUT2D eigenvalue weighted by Gasteiger charge is -2.34. The minimum Gasteiger partial charge on any atom is -0.508 e. The monoisotopic (exact) mass is 613 g/mol. The summed E-state index contributed by atoms with van der Waals surface area (Å²) in [6.45, 7) is 5.90. The number of rotatable bonds is 9. The Morgan fingerprint density at radius 3 is 2.49 bits per heavy atom. The van der Waals surface area contributed by atoms with E-state index in [4.69, 9.17) is 10.5 Å². The summed E-state index contributed by atoms with van der Waals surface area (Å²) in [4.78, 5) is 25.2. The molecule has 37 heavy (non-hydrogen) atoms. The van der Waals surface area contributed by atoms with Gasteiger partial charge in [-0.15, -0.1) is 0 Å². The summed E-state index contributed by atoms with van der Waals surface area (Å²) in [5.74, 6) is -0.228. The van der Waals surface area contributed by atoms with E-state index >= 15 is 0 Å². The Bertz CT molecular complexity index is 1270. The number of carbonyl (C=O) groups excluding carboxylic acids is 2. The van der Waals surface area contributed by atoms with Crippen molar-refractivity contribution in [2.24, 2.45) is 5.41 Å². The number of benzene rings is 3. The maximum Gasteiger partial charge on any atom is 0.412 e. The van der Waals surface area contributed by atoms with Crippen LogP contribution >= 0.6 is 22.6 Å². The third-order valence-electron chi connectivity index (χ3n) is 5.95. The largest absolute Gasteiger partial charge is 0.508 e. The number of nitrogens with two attached hydrogens (primary N) is 1. The molecule has 1 atom stereocenters. The van der Waals surface area contributed by atoms with Crippen LogP contribution in [-0.2, 0) is 9.53 Å². The van der Waals surface area contributed by atoms with Gasteiger partial charge in [0, 0.05) is 20.2 Å². The number of nitrogens with one attached hydrogen (secondary N) is 2. The van der Waals surface area contributed by atoms with Crippen molar-refractivity contribution >= 4 is 51.7 Å². The van der Waals surface area contributed by atoms with Crippen LogP contribution in [0.5, 0.6) is 5.75 Å². The number of hydrogen-bond acceptors (Lipinski definition) is 5. The fourth-order valence-electron chi connectivity index (χ4n) is 3.83. The third kappa shape index (κ3) is 8.24. The number of hydrogen-bond donors (Lipinski definition) is 4. The van der Waals surface area contributed by atoms with Crippen LogP contribution < -0.4 is 16.4 Å². The van der Waals surface area contributed by atoms with Crippen LogP contribution in [0.1, 0.15) is 43.9 Å². The number of para-hydroxylation sites is 2. The first-order chi connectivity index (χ1) is 17.5. The van der Waals surface area contributed by atoms with Gasteiger partial charge < -0.3 is 20.9 Å². The highest BCUT2D eigenvalue weighted by molar-refractivity contribution is 14.1. The van der Waals surface area contributed by atoms with Crippen molar-refractivity contribution in [3.05, 3.63) is 93.6 Å². The molecule has 3 aromatic rings. The Labute approximate surface area is 231 Å². The molecule has 0 radical (unpaired) electrons. The molecule has 0 saturated heterocycles. The molecule has 8 heteroatoms. The highest BCUT2D eigenvalue weighted by Crippen LogP contribution is 2.44. The molecule has 0 fully saturated rings. The van der Waals surface area contributed by atoms with E-state index in [9.17, 15) is 14.7 Å². The maximum atomic E-state index is 12.9. The van der Waals surface area contributed by atoms with Gasteiger partial charge in [-0.05, 0) is 90.9 Å². The zero-order valence-electron chi connectivity index (χ0n) is 21.1. The summed E-state index contributed by atoms with van der Waals surface area (Å²) in [7, 11) is 0. The first kappa shape index (κ1) is 28.0. The quantitative estimate of drug-likeness (QED) is 0.116. The first-order valence-corrected chi connectivity index (χ1v) is 13.0. The molecule has 0 bridgehead atoms. The molecule has 0 unspecified atom stereocenters. The number of aromatic hydroxyl groups is 1. The van der Waals surface area contributed by atoms with E-state index < -0.39 is 17.6 Å². The number of amides is 2. The van der Waals surface area contributed by atoms with Gasteiger partial charge in [-0.2, -0.15) is 0 Å². The second kappa shape index (κ2) is 12.6. The van der Waals surface area contributed by atoms with Crippen molar-refractivity contribution in [2.45, 2.75) is 39.7 Å². The van der Waals surface area contributed by atoms with E-state index in [0.717, 1.165) is 9.13 Å². The summed E-state index contributed by atoms with van der Waals surface area (Å²) >= 11 is 2.16. The normalized spacial score (nSPS) is 12.2. The Morgan fingerprint density at radius 1 is 1.08 bits per heavy atom. The number of anilines is 3. The Kier molecular flexibility index (Phi) is 9.57. The van der Waals surface area contributed by atoms with Gasteiger partial charge in [-0.3, -0.25) is 10.1 Å². The molecule has 7 nitrogen and oxygen atoms in total. The Balaban J connectivity index is 1.71. The molecule has 5 N–H and O–H groups in total. The van der Waals surface area contributed by atoms with Gasteiger partial charge in [-0.1, -0.05) is 49.8 Å². The van der Waals surface area contributed by atoms with Crippen molar-refractivity contribution < 1.29 is 19.4 Å². The topological polar surface area (TPSA) is 114 Å². The van der Waals surface area contributed by atoms with Crippen LogP contribution in [-0.4, -0.2) is 17.1 Å². The number of phenolic OH excluding ortho intramolecular Hbond substituents is 1. The number of carbonyl (C=O) groups is 2. The second-order valence-electron chi connectivity index (χ2n) is 9.49. The van der Waals surface area contributed by atoms with Gasteiger partial charge in [0.05, 0.1) is 11.4 Å². The molecule has 0 aliphatic heterocycles. The van der Waals surface area contributed by atoms with Crippen LogP contribution in [0.4, 0.5) is 21.9 Å². The first-order valence-electron chi connectivity index (χ1n) is 11.9. The molecule has 0 aliphatic carbocycles. The van der Waals surface area contributed by atoms with Crippen molar-refractivity contribution in [3.63, 3.8) is 0 Å². The number of halogens is 1. The molecule has 194 valence electrons. The highest BCUT2D eigenvalue weighted by atomic mass is 127. The van der Waals surface area contributed by atoms with Gasteiger partial charge in [0.15, 0.2) is 0 Å². The van der Waals surface area contributed by atoms with E-state index in [1.807, 2.05) is 39.0 Å². The zero-order valence-corrected chi connectivity index (χ0v) is 23.3. The van der Waals surface area contributed by atoms with Gasteiger partial charge in [-0.25, -0.2) is 4.79 Å². The summed E-state index contributed by atoms with van der Waals surface area (Å²) in [5.41, 5.74) is 8.58. The van der Waals surface area contributed by atoms with Crippen molar-refractivity contribution in [2.75, 3.05) is 16.4 Å². The minimum absolute atomic E-state index is 0.0528. The van der Waals surface area contributed by atoms with Gasteiger partial charge in [0.25, 0.3) is 0 Å².